The van der Waals surface area contributed by atoms with Gasteiger partial charge in [0.05, 0.1) is 5.88 Å². The SMILES string of the molecule is CC(C)(C)C(=O)N1CSCC1C(=O)NCc1ccc2c(c1)CNC2.Cl. The Labute approximate surface area is 159 Å². The quantitative estimate of drug-likeness (QED) is 0.840. The molecule has 1 aromatic carbocycles. The maximum atomic E-state index is 12.6. The van der Waals surface area contributed by atoms with Crippen LogP contribution in [0.4, 0.5) is 0 Å². The number of carbonyl (C=O) groups excluding carboxylic acids is 2. The fourth-order valence-corrected chi connectivity index (χ4v) is 4.21. The van der Waals surface area contributed by atoms with Crippen LogP contribution in [0.2, 0.25) is 0 Å². The Morgan fingerprint density at radius 3 is 2.72 bits per heavy atom. The summed E-state index contributed by atoms with van der Waals surface area (Å²) in [6, 6.07) is 5.97. The molecule has 2 aliphatic rings. The van der Waals surface area contributed by atoms with Crippen molar-refractivity contribution in [2.24, 2.45) is 5.41 Å². The lowest BCUT2D eigenvalue weighted by molar-refractivity contribution is -0.144. The molecule has 7 heteroatoms. The van der Waals surface area contributed by atoms with Crippen LogP contribution < -0.4 is 10.6 Å². The zero-order chi connectivity index (χ0) is 17.3. The first kappa shape index (κ1) is 20.1. The lowest BCUT2D eigenvalue weighted by Gasteiger charge is -2.29. The highest BCUT2D eigenvalue weighted by atomic mass is 35.5. The van der Waals surface area contributed by atoms with E-state index in [1.165, 1.54) is 11.1 Å². The van der Waals surface area contributed by atoms with Crippen LogP contribution in [0, 0.1) is 5.41 Å². The number of benzene rings is 1. The second kappa shape index (κ2) is 7.98. The van der Waals surface area contributed by atoms with Gasteiger partial charge in [0.25, 0.3) is 0 Å². The number of thioether (sulfide) groups is 1. The van der Waals surface area contributed by atoms with Gasteiger partial charge < -0.3 is 15.5 Å². The summed E-state index contributed by atoms with van der Waals surface area (Å²) in [6.45, 7) is 8.00. The van der Waals surface area contributed by atoms with Gasteiger partial charge in [-0.1, -0.05) is 39.0 Å². The van der Waals surface area contributed by atoms with Crippen molar-refractivity contribution in [1.29, 1.82) is 0 Å². The molecule has 0 aliphatic carbocycles. The van der Waals surface area contributed by atoms with E-state index in [0.717, 1.165) is 18.7 Å². The van der Waals surface area contributed by atoms with Crippen molar-refractivity contribution in [3.05, 3.63) is 34.9 Å². The van der Waals surface area contributed by atoms with Crippen LogP contribution in [0.15, 0.2) is 18.2 Å². The van der Waals surface area contributed by atoms with Gasteiger partial charge in [0.1, 0.15) is 6.04 Å². The highest BCUT2D eigenvalue weighted by molar-refractivity contribution is 7.99. The summed E-state index contributed by atoms with van der Waals surface area (Å²) in [6.07, 6.45) is 0. The molecule has 0 aromatic heterocycles. The van der Waals surface area contributed by atoms with E-state index in [4.69, 9.17) is 0 Å². The van der Waals surface area contributed by atoms with Crippen molar-refractivity contribution < 1.29 is 9.59 Å². The summed E-state index contributed by atoms with van der Waals surface area (Å²) in [4.78, 5) is 26.8. The molecular formula is C18H26ClN3O2S. The molecule has 1 unspecified atom stereocenters. The second-order valence-electron chi connectivity index (χ2n) is 7.47. The molecule has 1 fully saturated rings. The van der Waals surface area contributed by atoms with Gasteiger partial charge in [0, 0.05) is 30.8 Å². The Balaban J connectivity index is 0.00000225. The molecule has 2 aliphatic heterocycles. The molecule has 0 saturated carbocycles. The van der Waals surface area contributed by atoms with Crippen molar-refractivity contribution >= 4 is 36.0 Å². The first-order valence-corrected chi connectivity index (χ1v) is 9.49. The average Bonchev–Trinajstić information content (AvgIpc) is 3.19. The van der Waals surface area contributed by atoms with Gasteiger partial charge in [0.2, 0.25) is 11.8 Å². The van der Waals surface area contributed by atoms with Crippen molar-refractivity contribution in [1.82, 2.24) is 15.5 Å². The Morgan fingerprint density at radius 1 is 1.28 bits per heavy atom. The van der Waals surface area contributed by atoms with E-state index in [1.54, 1.807) is 16.7 Å². The monoisotopic (exact) mass is 383 g/mol. The number of hydrogen-bond donors (Lipinski definition) is 2. The molecule has 138 valence electrons. The number of halogens is 1. The minimum Gasteiger partial charge on any atom is -0.350 e. The van der Waals surface area contributed by atoms with Crippen molar-refractivity contribution in [2.75, 3.05) is 11.6 Å². The standard InChI is InChI=1S/C18H25N3O2S.ClH/c1-18(2,3)17(23)21-11-24-10-15(21)16(22)20-7-12-4-5-13-8-19-9-14(13)6-12;/h4-6,15,19H,7-11H2,1-3H3,(H,20,22);1H. The Bertz CT molecular complexity index is 660. The zero-order valence-corrected chi connectivity index (χ0v) is 16.6. The van der Waals surface area contributed by atoms with Crippen molar-refractivity contribution in [3.63, 3.8) is 0 Å². The molecule has 0 spiro atoms. The number of nitrogens with zero attached hydrogens (tertiary/aromatic N) is 1. The van der Waals surface area contributed by atoms with E-state index in [0.29, 0.717) is 18.2 Å². The van der Waals surface area contributed by atoms with Crippen LogP contribution >= 0.6 is 24.2 Å². The van der Waals surface area contributed by atoms with E-state index < -0.39 is 5.41 Å². The minimum atomic E-state index is -0.462. The van der Waals surface area contributed by atoms with Gasteiger partial charge in [-0.15, -0.1) is 24.2 Å². The molecule has 3 rings (SSSR count). The smallest absolute Gasteiger partial charge is 0.243 e. The molecule has 1 aromatic rings. The van der Waals surface area contributed by atoms with Gasteiger partial charge in [-0.25, -0.2) is 0 Å². The number of hydrogen-bond acceptors (Lipinski definition) is 4. The number of rotatable bonds is 3. The van der Waals surface area contributed by atoms with Crippen LogP contribution in [-0.2, 0) is 29.2 Å². The molecule has 1 atom stereocenters. The summed E-state index contributed by atoms with van der Waals surface area (Å²) in [5.41, 5.74) is 3.28. The van der Waals surface area contributed by atoms with Crippen LogP contribution in [-0.4, -0.2) is 34.4 Å². The third-order valence-corrected chi connectivity index (χ3v) is 5.47. The average molecular weight is 384 g/mol. The normalized spacial score (nSPS) is 19.3. The first-order valence-electron chi connectivity index (χ1n) is 8.34. The summed E-state index contributed by atoms with van der Waals surface area (Å²) < 4.78 is 0. The highest BCUT2D eigenvalue weighted by Crippen LogP contribution is 2.27. The fourth-order valence-electron chi connectivity index (χ4n) is 3.06. The third-order valence-electron chi connectivity index (χ3n) is 4.46. The third kappa shape index (κ3) is 4.49. The molecular weight excluding hydrogens is 358 g/mol. The summed E-state index contributed by atoms with van der Waals surface area (Å²) in [7, 11) is 0. The number of carbonyl (C=O) groups is 2. The van der Waals surface area contributed by atoms with Gasteiger partial charge in [-0.3, -0.25) is 9.59 Å². The first-order chi connectivity index (χ1) is 11.4. The molecule has 2 amide bonds. The van der Waals surface area contributed by atoms with Crippen molar-refractivity contribution in [3.8, 4) is 0 Å². The van der Waals surface area contributed by atoms with Gasteiger partial charge in [0.15, 0.2) is 0 Å². The van der Waals surface area contributed by atoms with Crippen molar-refractivity contribution in [2.45, 2.75) is 46.4 Å². The summed E-state index contributed by atoms with van der Waals surface area (Å²) >= 11 is 1.64. The lowest BCUT2D eigenvalue weighted by atomic mass is 9.94. The van der Waals surface area contributed by atoms with Crippen LogP contribution in [0.1, 0.15) is 37.5 Å². The maximum absolute atomic E-state index is 12.6. The number of amides is 2. The Kier molecular flexibility index (Phi) is 6.40. The molecule has 0 bridgehead atoms. The van der Waals surface area contributed by atoms with Crippen LogP contribution in [0.25, 0.3) is 0 Å². The summed E-state index contributed by atoms with van der Waals surface area (Å²) in [5, 5.41) is 6.32. The Hall–Kier alpha value is -1.24. The zero-order valence-electron chi connectivity index (χ0n) is 14.9. The second-order valence-corrected chi connectivity index (χ2v) is 8.46. The molecule has 5 nitrogen and oxygen atoms in total. The molecule has 0 radical (unpaired) electrons. The topological polar surface area (TPSA) is 61.4 Å². The van der Waals surface area contributed by atoms with Gasteiger partial charge in [-0.05, 0) is 16.7 Å². The number of fused-ring (bicyclic) bond motifs is 1. The maximum Gasteiger partial charge on any atom is 0.243 e. The van der Waals surface area contributed by atoms with Gasteiger partial charge >= 0.3 is 0 Å². The Morgan fingerprint density at radius 2 is 2.00 bits per heavy atom. The fraction of sp³-hybridized carbons (Fsp3) is 0.556. The van der Waals surface area contributed by atoms with E-state index >= 15 is 0 Å². The van der Waals surface area contributed by atoms with Gasteiger partial charge in [-0.2, -0.15) is 0 Å². The number of nitrogens with one attached hydrogen (secondary N) is 2. The highest BCUT2D eigenvalue weighted by Gasteiger charge is 2.38. The van der Waals surface area contributed by atoms with Crippen LogP contribution in [0.5, 0.6) is 0 Å². The van der Waals surface area contributed by atoms with E-state index in [1.807, 2.05) is 20.8 Å². The molecule has 2 N–H and O–H groups in total. The molecule has 25 heavy (non-hydrogen) atoms. The predicted molar refractivity (Wildman–Crippen MR) is 103 cm³/mol. The van der Waals surface area contributed by atoms with E-state index in [-0.39, 0.29) is 30.3 Å². The van der Waals surface area contributed by atoms with Crippen LogP contribution in [0.3, 0.4) is 0 Å². The minimum absolute atomic E-state index is 0. The largest absolute Gasteiger partial charge is 0.350 e. The summed E-state index contributed by atoms with van der Waals surface area (Å²) in [5.74, 6) is 1.24. The van der Waals surface area contributed by atoms with E-state index in [9.17, 15) is 9.59 Å². The predicted octanol–water partition coefficient (Wildman–Crippen LogP) is 2.28. The molecule has 2 heterocycles. The molecule has 1 saturated heterocycles. The van der Waals surface area contributed by atoms with E-state index in [2.05, 4.69) is 28.8 Å². The lowest BCUT2D eigenvalue weighted by Crippen LogP contribution is -2.50.